The van der Waals surface area contributed by atoms with Gasteiger partial charge in [0.05, 0.1) is 17.0 Å². The molecule has 1 aromatic carbocycles. The van der Waals surface area contributed by atoms with Crippen LogP contribution >= 0.6 is 34.5 Å². The van der Waals surface area contributed by atoms with Gasteiger partial charge in [-0.3, -0.25) is 10.1 Å². The van der Waals surface area contributed by atoms with Crippen LogP contribution in [0.1, 0.15) is 10.6 Å². The van der Waals surface area contributed by atoms with Gasteiger partial charge in [-0.05, 0) is 30.3 Å². The van der Waals surface area contributed by atoms with Crippen LogP contribution in [0, 0.1) is 0 Å². The zero-order valence-electron chi connectivity index (χ0n) is 10.5. The lowest BCUT2D eigenvalue weighted by molar-refractivity contribution is 0.0996. The zero-order chi connectivity index (χ0) is 14.8. The molecule has 3 rings (SSSR count). The van der Waals surface area contributed by atoms with E-state index in [9.17, 15) is 4.79 Å². The van der Waals surface area contributed by atoms with Crippen molar-refractivity contribution in [2.45, 2.75) is 0 Å². The molecule has 3 aromatic rings. The Morgan fingerprint density at radius 1 is 1.29 bits per heavy atom. The Kier molecular flexibility index (Phi) is 3.96. The third-order valence-electron chi connectivity index (χ3n) is 2.68. The predicted octanol–water partition coefficient (Wildman–Crippen LogP) is 4.96. The van der Waals surface area contributed by atoms with E-state index in [0.717, 1.165) is 5.56 Å². The lowest BCUT2D eigenvalue weighted by Gasteiger charge is -2.01. The Morgan fingerprint density at radius 2 is 2.14 bits per heavy atom. The first kappa shape index (κ1) is 14.1. The molecule has 0 aliphatic heterocycles. The third kappa shape index (κ3) is 3.10. The summed E-state index contributed by atoms with van der Waals surface area (Å²) in [6, 6.07) is 8.41. The van der Waals surface area contributed by atoms with Crippen molar-refractivity contribution in [3.8, 4) is 11.3 Å². The molecule has 106 valence electrons. The molecule has 0 bridgehead atoms. The molecule has 21 heavy (non-hydrogen) atoms. The van der Waals surface area contributed by atoms with Gasteiger partial charge in [0.15, 0.2) is 10.9 Å². The molecular formula is C14H8Cl2N2O2S. The number of hydrogen-bond donors (Lipinski definition) is 1. The second-order valence-electron chi connectivity index (χ2n) is 4.09. The van der Waals surface area contributed by atoms with Crippen molar-refractivity contribution in [3.63, 3.8) is 0 Å². The summed E-state index contributed by atoms with van der Waals surface area (Å²) in [5.74, 6) is -0.112. The van der Waals surface area contributed by atoms with Gasteiger partial charge in [0, 0.05) is 16.0 Å². The first-order chi connectivity index (χ1) is 10.1. The third-order valence-corrected chi connectivity index (χ3v) is 3.98. The number of halogens is 2. The highest BCUT2D eigenvalue weighted by Crippen LogP contribution is 2.32. The van der Waals surface area contributed by atoms with E-state index >= 15 is 0 Å². The number of hydrogen-bond acceptors (Lipinski definition) is 4. The number of thiazole rings is 1. The van der Waals surface area contributed by atoms with Gasteiger partial charge in [0.1, 0.15) is 0 Å². The molecule has 0 radical (unpaired) electrons. The highest BCUT2D eigenvalue weighted by molar-refractivity contribution is 7.14. The molecule has 1 amide bonds. The van der Waals surface area contributed by atoms with Crippen LogP contribution in [0.4, 0.5) is 5.13 Å². The maximum atomic E-state index is 11.9. The van der Waals surface area contributed by atoms with Gasteiger partial charge in [-0.15, -0.1) is 11.3 Å². The molecule has 0 fully saturated rings. The Morgan fingerprint density at radius 3 is 2.86 bits per heavy atom. The molecule has 4 nitrogen and oxygen atoms in total. The quantitative estimate of drug-likeness (QED) is 0.734. The Hall–Kier alpha value is -1.82. The second-order valence-corrected chi connectivity index (χ2v) is 5.80. The van der Waals surface area contributed by atoms with Gasteiger partial charge < -0.3 is 4.42 Å². The fraction of sp³-hybridized carbons (Fsp3) is 0. The normalized spacial score (nSPS) is 10.6. The first-order valence-electron chi connectivity index (χ1n) is 5.89. The fourth-order valence-corrected chi connectivity index (χ4v) is 2.93. The van der Waals surface area contributed by atoms with Crippen molar-refractivity contribution < 1.29 is 9.21 Å². The van der Waals surface area contributed by atoms with E-state index in [-0.39, 0.29) is 11.7 Å². The van der Waals surface area contributed by atoms with E-state index in [1.165, 1.54) is 17.6 Å². The van der Waals surface area contributed by atoms with E-state index in [4.69, 9.17) is 27.6 Å². The Bertz CT molecular complexity index is 784. The predicted molar refractivity (Wildman–Crippen MR) is 84.2 cm³/mol. The number of nitrogens with zero attached hydrogens (tertiary/aromatic N) is 1. The summed E-state index contributed by atoms with van der Waals surface area (Å²) in [5, 5.41) is 6.02. The van der Waals surface area contributed by atoms with Gasteiger partial charge in [0.25, 0.3) is 5.91 Å². The number of rotatable bonds is 3. The van der Waals surface area contributed by atoms with Crippen LogP contribution in [0.3, 0.4) is 0 Å². The minimum Gasteiger partial charge on any atom is -0.459 e. The number of aromatic nitrogens is 1. The molecule has 0 saturated carbocycles. The van der Waals surface area contributed by atoms with Crippen molar-refractivity contribution in [1.29, 1.82) is 0 Å². The SMILES string of the molecule is O=C(Nc1nc(-c2ccc(Cl)cc2Cl)cs1)c1ccco1. The number of carbonyl (C=O) groups is 1. The summed E-state index contributed by atoms with van der Waals surface area (Å²) >= 11 is 13.3. The largest absolute Gasteiger partial charge is 0.459 e. The van der Waals surface area contributed by atoms with E-state index in [2.05, 4.69) is 10.3 Å². The molecule has 1 N–H and O–H groups in total. The Labute approximate surface area is 134 Å². The highest BCUT2D eigenvalue weighted by Gasteiger charge is 2.13. The molecule has 0 aliphatic rings. The van der Waals surface area contributed by atoms with Crippen molar-refractivity contribution in [2.75, 3.05) is 5.32 Å². The van der Waals surface area contributed by atoms with E-state index < -0.39 is 0 Å². The van der Waals surface area contributed by atoms with Gasteiger partial charge in [-0.2, -0.15) is 0 Å². The number of nitrogens with one attached hydrogen (secondary N) is 1. The molecule has 0 spiro atoms. The van der Waals surface area contributed by atoms with Gasteiger partial charge >= 0.3 is 0 Å². The minimum atomic E-state index is -0.344. The van der Waals surface area contributed by atoms with Gasteiger partial charge in [-0.25, -0.2) is 4.98 Å². The molecule has 0 unspecified atom stereocenters. The molecule has 0 atom stereocenters. The molecule has 7 heteroatoms. The summed E-state index contributed by atoms with van der Waals surface area (Å²) < 4.78 is 5.02. The summed E-state index contributed by atoms with van der Waals surface area (Å²) in [6.07, 6.45) is 1.44. The lowest BCUT2D eigenvalue weighted by atomic mass is 10.2. The zero-order valence-corrected chi connectivity index (χ0v) is 12.8. The molecule has 2 heterocycles. The number of carbonyl (C=O) groups excluding carboxylic acids is 1. The van der Waals surface area contributed by atoms with Crippen molar-refractivity contribution in [3.05, 3.63) is 57.8 Å². The van der Waals surface area contributed by atoms with Crippen molar-refractivity contribution in [1.82, 2.24) is 4.98 Å². The van der Waals surface area contributed by atoms with Crippen LogP contribution < -0.4 is 5.32 Å². The number of benzene rings is 1. The van der Waals surface area contributed by atoms with E-state index in [1.807, 2.05) is 5.38 Å². The number of amides is 1. The summed E-state index contributed by atoms with van der Waals surface area (Å²) in [5.41, 5.74) is 1.44. The topological polar surface area (TPSA) is 55.1 Å². The lowest BCUT2D eigenvalue weighted by Crippen LogP contribution is -2.10. The summed E-state index contributed by atoms with van der Waals surface area (Å²) in [7, 11) is 0. The molecule has 0 saturated heterocycles. The van der Waals surface area contributed by atoms with Crippen LogP contribution in [0.15, 0.2) is 46.4 Å². The van der Waals surface area contributed by atoms with Crippen molar-refractivity contribution in [2.24, 2.45) is 0 Å². The van der Waals surface area contributed by atoms with Gasteiger partial charge in [-0.1, -0.05) is 23.2 Å². The van der Waals surface area contributed by atoms with Crippen molar-refractivity contribution >= 4 is 45.6 Å². The van der Waals surface area contributed by atoms with E-state index in [1.54, 1.807) is 30.3 Å². The van der Waals surface area contributed by atoms with Crippen LogP contribution in [0.2, 0.25) is 10.0 Å². The number of anilines is 1. The maximum absolute atomic E-state index is 11.9. The standard InChI is InChI=1S/C14H8Cl2N2O2S/c15-8-3-4-9(10(16)6-8)11-7-21-14(17-11)18-13(19)12-2-1-5-20-12/h1-7H,(H,17,18,19). The van der Waals surface area contributed by atoms with Crippen LogP contribution in [-0.4, -0.2) is 10.9 Å². The average Bonchev–Trinajstić information content (AvgIpc) is 3.09. The monoisotopic (exact) mass is 338 g/mol. The van der Waals surface area contributed by atoms with E-state index in [0.29, 0.717) is 20.9 Å². The van der Waals surface area contributed by atoms with Crippen LogP contribution in [0.5, 0.6) is 0 Å². The maximum Gasteiger partial charge on any atom is 0.293 e. The first-order valence-corrected chi connectivity index (χ1v) is 7.53. The Balaban J connectivity index is 1.82. The second kappa shape index (κ2) is 5.89. The smallest absolute Gasteiger partial charge is 0.293 e. The van der Waals surface area contributed by atoms with Crippen LogP contribution in [0.25, 0.3) is 11.3 Å². The highest BCUT2D eigenvalue weighted by atomic mass is 35.5. The minimum absolute atomic E-state index is 0.233. The van der Waals surface area contributed by atoms with Crippen LogP contribution in [-0.2, 0) is 0 Å². The summed E-state index contributed by atoms with van der Waals surface area (Å²) in [6.45, 7) is 0. The summed E-state index contributed by atoms with van der Waals surface area (Å²) in [4.78, 5) is 16.2. The average molecular weight is 339 g/mol. The molecule has 2 aromatic heterocycles. The number of furan rings is 1. The molecule has 0 aliphatic carbocycles. The molecular weight excluding hydrogens is 331 g/mol. The fourth-order valence-electron chi connectivity index (χ4n) is 1.72. The van der Waals surface area contributed by atoms with Gasteiger partial charge in [0.2, 0.25) is 0 Å².